The van der Waals surface area contributed by atoms with Crippen molar-refractivity contribution >= 4 is 23.2 Å². The summed E-state index contributed by atoms with van der Waals surface area (Å²) in [4.78, 5) is 15.4. The smallest absolute Gasteiger partial charge is 0.275 e. The Morgan fingerprint density at radius 1 is 1.16 bits per heavy atom. The molecule has 1 heterocycles. The van der Waals surface area contributed by atoms with Gasteiger partial charge in [-0.2, -0.15) is 0 Å². The summed E-state index contributed by atoms with van der Waals surface area (Å²) in [7, 11) is 0. The number of pyridine rings is 1. The van der Waals surface area contributed by atoms with Crippen molar-refractivity contribution < 1.29 is 13.6 Å². The Labute approximate surface area is 112 Å². The number of benzene rings is 1. The maximum atomic E-state index is 13.3. The third-order valence-electron chi connectivity index (χ3n) is 2.26. The van der Waals surface area contributed by atoms with E-state index in [2.05, 4.69) is 15.8 Å². The number of hydrazine groups is 1. The summed E-state index contributed by atoms with van der Waals surface area (Å²) in [6.07, 6.45) is 1.46. The fourth-order valence-corrected chi connectivity index (χ4v) is 1.55. The van der Waals surface area contributed by atoms with Crippen LogP contribution in [-0.4, -0.2) is 10.9 Å². The highest BCUT2D eigenvalue weighted by atomic mass is 35.5. The van der Waals surface area contributed by atoms with Crippen LogP contribution in [0.4, 0.5) is 14.5 Å². The van der Waals surface area contributed by atoms with Crippen molar-refractivity contribution in [3.8, 4) is 0 Å². The zero-order valence-electron chi connectivity index (χ0n) is 9.45. The molecule has 2 N–H and O–H groups in total. The molecule has 0 radical (unpaired) electrons. The molecule has 19 heavy (non-hydrogen) atoms. The van der Waals surface area contributed by atoms with Crippen LogP contribution in [0.25, 0.3) is 0 Å². The highest BCUT2D eigenvalue weighted by Gasteiger charge is 2.16. The second-order valence-corrected chi connectivity index (χ2v) is 3.88. The van der Waals surface area contributed by atoms with Crippen molar-refractivity contribution in [2.24, 2.45) is 0 Å². The van der Waals surface area contributed by atoms with E-state index in [-0.39, 0.29) is 5.15 Å². The number of nitrogens with zero attached hydrogens (tertiary/aromatic N) is 1. The SMILES string of the molecule is O=C(NNc1cccnc1Cl)c1c(F)cccc1F. The molecule has 1 amide bonds. The van der Waals surface area contributed by atoms with Crippen LogP contribution in [-0.2, 0) is 0 Å². The Balaban J connectivity index is 2.13. The standard InChI is InChI=1S/C12H8ClF2N3O/c13-11-9(5-2-6-16-11)17-18-12(19)10-7(14)3-1-4-8(10)15/h1-6,17H,(H,18,19). The average Bonchev–Trinajstić information content (AvgIpc) is 2.37. The van der Waals surface area contributed by atoms with Crippen LogP contribution >= 0.6 is 11.6 Å². The van der Waals surface area contributed by atoms with Crippen LogP contribution in [0.2, 0.25) is 5.15 Å². The van der Waals surface area contributed by atoms with Gasteiger partial charge in [-0.1, -0.05) is 17.7 Å². The summed E-state index contributed by atoms with van der Waals surface area (Å²) in [6.45, 7) is 0. The molecule has 0 aliphatic heterocycles. The molecule has 0 aliphatic rings. The van der Waals surface area contributed by atoms with Gasteiger partial charge in [0.15, 0.2) is 5.15 Å². The molecule has 4 nitrogen and oxygen atoms in total. The number of amides is 1. The molecule has 0 aliphatic carbocycles. The molecule has 0 bridgehead atoms. The minimum atomic E-state index is -0.949. The van der Waals surface area contributed by atoms with Gasteiger partial charge in [-0.25, -0.2) is 13.8 Å². The van der Waals surface area contributed by atoms with Crippen molar-refractivity contribution in [1.82, 2.24) is 10.4 Å². The lowest BCUT2D eigenvalue weighted by molar-refractivity contribution is 0.0954. The van der Waals surface area contributed by atoms with Gasteiger partial charge in [-0.15, -0.1) is 0 Å². The average molecular weight is 284 g/mol. The predicted molar refractivity (Wildman–Crippen MR) is 66.7 cm³/mol. The van der Waals surface area contributed by atoms with Crippen LogP contribution in [0.3, 0.4) is 0 Å². The topological polar surface area (TPSA) is 54.0 Å². The molecule has 2 aromatic rings. The van der Waals surface area contributed by atoms with Crippen LogP contribution in [0.1, 0.15) is 10.4 Å². The molecule has 0 unspecified atom stereocenters. The van der Waals surface area contributed by atoms with E-state index in [1.807, 2.05) is 0 Å². The van der Waals surface area contributed by atoms with E-state index in [0.29, 0.717) is 5.69 Å². The maximum absolute atomic E-state index is 13.3. The molecule has 7 heteroatoms. The van der Waals surface area contributed by atoms with Gasteiger partial charge in [0.1, 0.15) is 17.2 Å². The second-order valence-electron chi connectivity index (χ2n) is 3.52. The van der Waals surface area contributed by atoms with E-state index in [9.17, 15) is 13.6 Å². The molecule has 0 fully saturated rings. The van der Waals surface area contributed by atoms with Crippen molar-refractivity contribution in [3.63, 3.8) is 0 Å². The first-order valence-electron chi connectivity index (χ1n) is 5.20. The van der Waals surface area contributed by atoms with Crippen LogP contribution < -0.4 is 10.9 Å². The van der Waals surface area contributed by atoms with Gasteiger partial charge in [0.2, 0.25) is 0 Å². The Morgan fingerprint density at radius 2 is 1.84 bits per heavy atom. The summed E-state index contributed by atoms with van der Waals surface area (Å²) in [5, 5.41) is 0.122. The number of anilines is 1. The second kappa shape index (κ2) is 5.62. The Morgan fingerprint density at radius 3 is 2.47 bits per heavy atom. The normalized spacial score (nSPS) is 10.1. The van der Waals surface area contributed by atoms with Crippen LogP contribution in [0.5, 0.6) is 0 Å². The van der Waals surface area contributed by atoms with Gasteiger partial charge in [-0.3, -0.25) is 15.6 Å². The number of rotatable bonds is 3. The fourth-order valence-electron chi connectivity index (χ4n) is 1.38. The first-order valence-corrected chi connectivity index (χ1v) is 5.58. The number of aromatic nitrogens is 1. The van der Waals surface area contributed by atoms with Crippen LogP contribution in [0.15, 0.2) is 36.5 Å². The van der Waals surface area contributed by atoms with Gasteiger partial charge in [-0.05, 0) is 24.3 Å². The zero-order valence-corrected chi connectivity index (χ0v) is 10.2. The van der Waals surface area contributed by atoms with Crippen molar-refractivity contribution in [2.45, 2.75) is 0 Å². The quantitative estimate of drug-likeness (QED) is 0.673. The summed E-state index contributed by atoms with van der Waals surface area (Å²) in [5.41, 5.74) is 4.23. The predicted octanol–water partition coefficient (Wildman–Crippen LogP) is 2.77. The Hall–Kier alpha value is -2.21. The molecule has 2 rings (SSSR count). The Bertz CT molecular complexity index is 601. The minimum absolute atomic E-state index is 0.122. The summed E-state index contributed by atoms with van der Waals surface area (Å²) in [5.74, 6) is -2.84. The lowest BCUT2D eigenvalue weighted by Gasteiger charge is -2.10. The molecule has 0 atom stereocenters. The summed E-state index contributed by atoms with van der Waals surface area (Å²) < 4.78 is 26.7. The number of halogens is 3. The minimum Gasteiger partial charge on any atom is -0.295 e. The lowest BCUT2D eigenvalue weighted by atomic mass is 10.2. The van der Waals surface area contributed by atoms with E-state index in [0.717, 1.165) is 12.1 Å². The fraction of sp³-hybridized carbons (Fsp3) is 0. The zero-order chi connectivity index (χ0) is 13.8. The number of hydrogen-bond donors (Lipinski definition) is 2. The lowest BCUT2D eigenvalue weighted by Crippen LogP contribution is -2.31. The van der Waals surface area contributed by atoms with E-state index >= 15 is 0 Å². The van der Waals surface area contributed by atoms with Gasteiger partial charge >= 0.3 is 0 Å². The van der Waals surface area contributed by atoms with E-state index in [1.54, 1.807) is 12.1 Å². The Kier molecular flexibility index (Phi) is 3.91. The third kappa shape index (κ3) is 2.97. The number of hydrogen-bond acceptors (Lipinski definition) is 3. The first-order chi connectivity index (χ1) is 9.09. The summed E-state index contributed by atoms with van der Waals surface area (Å²) >= 11 is 5.74. The van der Waals surface area contributed by atoms with E-state index in [1.165, 1.54) is 12.3 Å². The van der Waals surface area contributed by atoms with E-state index < -0.39 is 23.1 Å². The number of carbonyl (C=O) groups is 1. The highest BCUT2D eigenvalue weighted by Crippen LogP contribution is 2.17. The van der Waals surface area contributed by atoms with Gasteiger partial charge in [0.25, 0.3) is 5.91 Å². The molecule has 0 saturated carbocycles. The molecule has 0 spiro atoms. The summed E-state index contributed by atoms with van der Waals surface area (Å²) in [6, 6.07) is 6.30. The number of nitrogens with one attached hydrogen (secondary N) is 2. The highest BCUT2D eigenvalue weighted by molar-refractivity contribution is 6.31. The molecule has 0 saturated heterocycles. The van der Waals surface area contributed by atoms with Gasteiger partial charge in [0, 0.05) is 6.20 Å². The molecule has 98 valence electrons. The molecular formula is C12H8ClF2N3O. The molecular weight excluding hydrogens is 276 g/mol. The first kappa shape index (κ1) is 13.2. The van der Waals surface area contributed by atoms with Crippen LogP contribution in [0, 0.1) is 11.6 Å². The largest absolute Gasteiger partial charge is 0.295 e. The van der Waals surface area contributed by atoms with Crippen molar-refractivity contribution in [3.05, 3.63) is 58.9 Å². The van der Waals surface area contributed by atoms with Gasteiger partial charge in [0.05, 0.1) is 5.69 Å². The molecule has 1 aromatic carbocycles. The third-order valence-corrected chi connectivity index (χ3v) is 2.56. The van der Waals surface area contributed by atoms with Gasteiger partial charge < -0.3 is 0 Å². The van der Waals surface area contributed by atoms with Crippen molar-refractivity contribution in [1.29, 1.82) is 0 Å². The van der Waals surface area contributed by atoms with Crippen molar-refractivity contribution in [2.75, 3.05) is 5.43 Å². The maximum Gasteiger partial charge on any atom is 0.275 e. The molecule has 1 aromatic heterocycles. The monoisotopic (exact) mass is 283 g/mol. The van der Waals surface area contributed by atoms with E-state index in [4.69, 9.17) is 11.6 Å². The number of carbonyl (C=O) groups excluding carboxylic acids is 1.